The van der Waals surface area contributed by atoms with Crippen molar-refractivity contribution < 1.29 is 0 Å². The SMILES string of the molecule is c1ccc(-c2ccc(N(c3ccc4c(c3)C3(c5ccccc5-c5ccccc53)c3cc(-n5c(-c6ccccc6)cc6ccccc65)ccc3-4)c3cccc4ccccc34)cc2)cc1. The second-order valence-corrected chi connectivity index (χ2v) is 16.8. The predicted octanol–water partition coefficient (Wildman–Crippen LogP) is 15.9. The van der Waals surface area contributed by atoms with Crippen LogP contribution in [0.25, 0.3) is 72.0 Å². The third-order valence-electron chi connectivity index (χ3n) is 13.6. The van der Waals surface area contributed by atoms with Crippen LogP contribution in [0.4, 0.5) is 17.1 Å². The van der Waals surface area contributed by atoms with Gasteiger partial charge in [-0.15, -0.1) is 0 Å². The zero-order valence-corrected chi connectivity index (χ0v) is 34.5. The molecule has 10 aromatic carbocycles. The Morgan fingerprint density at radius 2 is 0.873 bits per heavy atom. The summed E-state index contributed by atoms with van der Waals surface area (Å²) in [7, 11) is 0. The molecule has 0 unspecified atom stereocenters. The van der Waals surface area contributed by atoms with E-state index < -0.39 is 5.41 Å². The van der Waals surface area contributed by atoms with Crippen LogP contribution in [-0.4, -0.2) is 4.57 Å². The highest BCUT2D eigenvalue weighted by atomic mass is 15.1. The van der Waals surface area contributed by atoms with Gasteiger partial charge < -0.3 is 9.47 Å². The van der Waals surface area contributed by atoms with Gasteiger partial charge in [0.2, 0.25) is 0 Å². The van der Waals surface area contributed by atoms with Crippen LogP contribution < -0.4 is 4.90 Å². The number of anilines is 3. The Kier molecular flexibility index (Phi) is 7.85. The van der Waals surface area contributed by atoms with Crippen LogP contribution in [0.15, 0.2) is 243 Å². The number of para-hydroxylation sites is 1. The Hall–Kier alpha value is -8.20. The summed E-state index contributed by atoms with van der Waals surface area (Å²) in [4.78, 5) is 2.46. The summed E-state index contributed by atoms with van der Waals surface area (Å²) in [6.45, 7) is 0. The number of aromatic nitrogens is 1. The molecular weight excluding hydrogens is 761 g/mol. The molecule has 1 spiro atoms. The molecule has 0 aliphatic heterocycles. The Morgan fingerprint density at radius 3 is 1.62 bits per heavy atom. The van der Waals surface area contributed by atoms with Crippen molar-refractivity contribution in [1.29, 1.82) is 0 Å². The lowest BCUT2D eigenvalue weighted by molar-refractivity contribution is 0.792. The summed E-state index contributed by atoms with van der Waals surface area (Å²) in [6.07, 6.45) is 0. The number of benzene rings is 10. The Bertz CT molecular complexity index is 3510. The minimum absolute atomic E-state index is 0.554. The van der Waals surface area contributed by atoms with E-state index in [2.05, 4.69) is 252 Å². The molecule has 0 N–H and O–H groups in total. The van der Waals surface area contributed by atoms with Crippen LogP contribution >= 0.6 is 0 Å². The molecule has 0 saturated heterocycles. The molecule has 2 aliphatic carbocycles. The Balaban J connectivity index is 1.07. The highest BCUT2D eigenvalue weighted by Crippen LogP contribution is 2.63. The van der Waals surface area contributed by atoms with Crippen molar-refractivity contribution in [3.05, 3.63) is 265 Å². The number of nitrogens with zero attached hydrogens (tertiary/aromatic N) is 2. The van der Waals surface area contributed by atoms with Gasteiger partial charge in [0.25, 0.3) is 0 Å². The molecule has 0 radical (unpaired) electrons. The van der Waals surface area contributed by atoms with Gasteiger partial charge in [0.05, 0.1) is 22.3 Å². The quantitative estimate of drug-likeness (QED) is 0.163. The van der Waals surface area contributed by atoms with Crippen LogP contribution in [0, 0.1) is 0 Å². The topological polar surface area (TPSA) is 8.17 Å². The molecule has 0 amide bonds. The zero-order valence-electron chi connectivity index (χ0n) is 34.5. The van der Waals surface area contributed by atoms with Crippen molar-refractivity contribution in [2.75, 3.05) is 4.90 Å². The molecule has 2 nitrogen and oxygen atoms in total. The number of hydrogen-bond donors (Lipinski definition) is 0. The fourth-order valence-corrected chi connectivity index (χ4v) is 10.9. The van der Waals surface area contributed by atoms with Gasteiger partial charge in [-0.2, -0.15) is 0 Å². The van der Waals surface area contributed by atoms with Gasteiger partial charge in [-0.05, 0) is 121 Å². The van der Waals surface area contributed by atoms with Crippen LogP contribution in [-0.2, 0) is 5.41 Å². The predicted molar refractivity (Wildman–Crippen MR) is 263 cm³/mol. The summed E-state index contributed by atoms with van der Waals surface area (Å²) in [6, 6.07) is 89.7. The van der Waals surface area contributed by atoms with Crippen LogP contribution in [0.3, 0.4) is 0 Å². The van der Waals surface area contributed by atoms with Gasteiger partial charge in [-0.25, -0.2) is 0 Å². The van der Waals surface area contributed by atoms with Gasteiger partial charge in [0.15, 0.2) is 0 Å². The third kappa shape index (κ3) is 5.25. The molecule has 0 saturated carbocycles. The van der Waals surface area contributed by atoms with Crippen LogP contribution in [0.1, 0.15) is 22.3 Å². The van der Waals surface area contributed by atoms with Crippen LogP contribution in [0.2, 0.25) is 0 Å². The first-order valence-electron chi connectivity index (χ1n) is 21.8. The fourth-order valence-electron chi connectivity index (χ4n) is 10.9. The number of hydrogen-bond acceptors (Lipinski definition) is 1. The standard InChI is InChI=1S/C61H40N2/c1-3-16-41(17-4-1)42-30-32-46(33-31-42)62(59-29-15-22-43-18-7-9-23-49(43)59)47-34-36-52-53-37-35-48(63-58-28-14-8-21-45(58)38-60(63)44-19-5-2-6-20-44)40-57(53)61(56(52)39-47)54-26-12-10-24-50(54)51-25-11-13-27-55(51)61/h1-40H. The van der Waals surface area contributed by atoms with Crippen molar-refractivity contribution >= 4 is 38.7 Å². The highest BCUT2D eigenvalue weighted by Gasteiger charge is 2.52. The summed E-state index contributed by atoms with van der Waals surface area (Å²) in [5.74, 6) is 0. The smallest absolute Gasteiger partial charge is 0.0727 e. The zero-order chi connectivity index (χ0) is 41.5. The molecular formula is C61H40N2. The third-order valence-corrected chi connectivity index (χ3v) is 13.6. The molecule has 63 heavy (non-hydrogen) atoms. The first kappa shape index (κ1) is 35.5. The molecule has 1 aromatic heterocycles. The minimum atomic E-state index is -0.554. The van der Waals surface area contributed by atoms with Gasteiger partial charge in [0, 0.05) is 27.8 Å². The summed E-state index contributed by atoms with van der Waals surface area (Å²) in [5.41, 5.74) is 20.3. The molecule has 13 rings (SSSR count). The summed E-state index contributed by atoms with van der Waals surface area (Å²) >= 11 is 0. The maximum absolute atomic E-state index is 2.50. The van der Waals surface area contributed by atoms with Gasteiger partial charge in [0.1, 0.15) is 0 Å². The van der Waals surface area contributed by atoms with Crippen molar-refractivity contribution in [2.45, 2.75) is 5.41 Å². The lowest BCUT2D eigenvalue weighted by Crippen LogP contribution is -2.26. The van der Waals surface area contributed by atoms with Gasteiger partial charge >= 0.3 is 0 Å². The van der Waals surface area contributed by atoms with Crippen LogP contribution in [0.5, 0.6) is 0 Å². The summed E-state index contributed by atoms with van der Waals surface area (Å²) < 4.78 is 2.46. The van der Waals surface area contributed by atoms with Gasteiger partial charge in [-0.1, -0.05) is 188 Å². The average molecular weight is 801 g/mol. The highest BCUT2D eigenvalue weighted by molar-refractivity contribution is 6.01. The lowest BCUT2D eigenvalue weighted by Gasteiger charge is -2.32. The van der Waals surface area contributed by atoms with Crippen molar-refractivity contribution in [3.8, 4) is 50.3 Å². The first-order valence-corrected chi connectivity index (χ1v) is 21.8. The maximum atomic E-state index is 2.50. The van der Waals surface area contributed by atoms with E-state index in [1.54, 1.807) is 0 Å². The normalized spacial score (nSPS) is 12.9. The molecule has 0 fully saturated rings. The van der Waals surface area contributed by atoms with E-state index in [1.165, 1.54) is 88.6 Å². The molecule has 294 valence electrons. The second-order valence-electron chi connectivity index (χ2n) is 16.8. The average Bonchev–Trinajstić information content (AvgIpc) is 3.99. The maximum Gasteiger partial charge on any atom is 0.0727 e. The van der Waals surface area contributed by atoms with E-state index in [1.807, 2.05) is 0 Å². The lowest BCUT2D eigenvalue weighted by atomic mass is 9.70. The Morgan fingerprint density at radius 1 is 0.333 bits per heavy atom. The molecule has 1 heterocycles. The second kappa shape index (κ2) is 13.9. The molecule has 11 aromatic rings. The number of rotatable bonds is 6. The van der Waals surface area contributed by atoms with E-state index in [4.69, 9.17) is 0 Å². The Labute approximate surface area is 367 Å². The molecule has 0 bridgehead atoms. The molecule has 2 heteroatoms. The minimum Gasteiger partial charge on any atom is -0.310 e. The van der Waals surface area contributed by atoms with Gasteiger partial charge in [-0.3, -0.25) is 0 Å². The fraction of sp³-hybridized carbons (Fsp3) is 0.0164. The van der Waals surface area contributed by atoms with E-state index in [0.717, 1.165) is 22.7 Å². The van der Waals surface area contributed by atoms with Crippen molar-refractivity contribution in [3.63, 3.8) is 0 Å². The molecule has 0 atom stereocenters. The van der Waals surface area contributed by atoms with E-state index in [0.29, 0.717) is 0 Å². The van der Waals surface area contributed by atoms with E-state index in [9.17, 15) is 0 Å². The van der Waals surface area contributed by atoms with Crippen molar-refractivity contribution in [1.82, 2.24) is 4.57 Å². The first-order chi connectivity index (χ1) is 31.3. The largest absolute Gasteiger partial charge is 0.310 e. The van der Waals surface area contributed by atoms with Crippen molar-refractivity contribution in [2.24, 2.45) is 0 Å². The number of fused-ring (bicyclic) bond motifs is 12. The van der Waals surface area contributed by atoms with E-state index in [-0.39, 0.29) is 0 Å². The summed E-state index contributed by atoms with van der Waals surface area (Å²) in [5, 5.41) is 3.64. The monoisotopic (exact) mass is 800 g/mol. The van der Waals surface area contributed by atoms with E-state index >= 15 is 0 Å². The molecule has 2 aliphatic rings.